The predicted octanol–water partition coefficient (Wildman–Crippen LogP) is 4.50. The van der Waals surface area contributed by atoms with Crippen molar-refractivity contribution in [2.45, 2.75) is 13.3 Å². The first-order valence-electron chi connectivity index (χ1n) is 6.61. The summed E-state index contributed by atoms with van der Waals surface area (Å²) in [5, 5.41) is 0.656. The van der Waals surface area contributed by atoms with Gasteiger partial charge in [0.1, 0.15) is 23.0 Å². The van der Waals surface area contributed by atoms with E-state index in [1.807, 2.05) is 6.92 Å². The molecule has 21 heavy (non-hydrogen) atoms. The van der Waals surface area contributed by atoms with Crippen LogP contribution in [0.25, 0.3) is 11.0 Å². The van der Waals surface area contributed by atoms with Crippen LogP contribution in [0.15, 0.2) is 46.9 Å². The number of fused-ring (bicyclic) bond motifs is 1. The second-order valence-electron chi connectivity index (χ2n) is 4.74. The fraction of sp³-hybridized carbons (Fsp3) is 0.118. The number of benzene rings is 2. The molecule has 0 aliphatic carbocycles. The van der Waals surface area contributed by atoms with Gasteiger partial charge >= 0.3 is 0 Å². The third-order valence-electron chi connectivity index (χ3n) is 3.34. The number of rotatable bonds is 3. The van der Waals surface area contributed by atoms with Crippen LogP contribution in [-0.2, 0) is 6.42 Å². The third-order valence-corrected chi connectivity index (χ3v) is 3.34. The summed E-state index contributed by atoms with van der Waals surface area (Å²) in [6, 6.07) is 9.93. The molecule has 0 N–H and O–H groups in total. The van der Waals surface area contributed by atoms with Crippen molar-refractivity contribution < 1.29 is 18.0 Å². The van der Waals surface area contributed by atoms with Crippen molar-refractivity contribution in [2.24, 2.45) is 0 Å². The van der Waals surface area contributed by atoms with E-state index in [2.05, 4.69) is 0 Å². The number of ketones is 1. The topological polar surface area (TPSA) is 30.2 Å². The maximum absolute atomic E-state index is 13.3. The SMILES string of the molecule is CCc1oc2ccccc2c1C(=O)c1cc(F)cc(F)c1. The molecule has 0 saturated carbocycles. The van der Waals surface area contributed by atoms with Gasteiger partial charge in [-0.15, -0.1) is 0 Å². The maximum Gasteiger partial charge on any atom is 0.197 e. The van der Waals surface area contributed by atoms with Crippen LogP contribution >= 0.6 is 0 Å². The van der Waals surface area contributed by atoms with E-state index >= 15 is 0 Å². The summed E-state index contributed by atoms with van der Waals surface area (Å²) >= 11 is 0. The number of halogens is 2. The molecule has 0 bridgehead atoms. The Morgan fingerprint density at radius 3 is 2.43 bits per heavy atom. The van der Waals surface area contributed by atoms with E-state index in [9.17, 15) is 13.6 Å². The van der Waals surface area contributed by atoms with Crippen molar-refractivity contribution in [3.05, 3.63) is 71.0 Å². The molecular formula is C17H12F2O2. The number of hydrogen-bond acceptors (Lipinski definition) is 2. The first-order valence-corrected chi connectivity index (χ1v) is 6.61. The molecule has 4 heteroatoms. The molecule has 2 nitrogen and oxygen atoms in total. The second kappa shape index (κ2) is 5.13. The number of aryl methyl sites for hydroxylation is 1. The Morgan fingerprint density at radius 2 is 1.76 bits per heavy atom. The Balaban J connectivity index is 2.21. The summed E-state index contributed by atoms with van der Waals surface area (Å²) in [6.07, 6.45) is 0.521. The van der Waals surface area contributed by atoms with Crippen LogP contribution in [0.5, 0.6) is 0 Å². The van der Waals surface area contributed by atoms with Gasteiger partial charge in [0.2, 0.25) is 0 Å². The number of hydrogen-bond donors (Lipinski definition) is 0. The first kappa shape index (κ1) is 13.5. The van der Waals surface area contributed by atoms with Crippen LogP contribution in [0, 0.1) is 11.6 Å². The molecule has 3 aromatic rings. The Morgan fingerprint density at radius 1 is 1.10 bits per heavy atom. The quantitative estimate of drug-likeness (QED) is 0.663. The van der Waals surface area contributed by atoms with Crippen molar-refractivity contribution in [3.63, 3.8) is 0 Å². The van der Waals surface area contributed by atoms with Crippen LogP contribution in [0.3, 0.4) is 0 Å². The second-order valence-corrected chi connectivity index (χ2v) is 4.74. The summed E-state index contributed by atoms with van der Waals surface area (Å²) in [4.78, 5) is 12.6. The Bertz CT molecular complexity index is 814. The molecule has 1 aromatic heterocycles. The molecule has 0 fully saturated rings. The molecule has 0 atom stereocenters. The van der Waals surface area contributed by atoms with E-state index in [1.165, 1.54) is 0 Å². The minimum absolute atomic E-state index is 0.0197. The molecule has 2 aromatic carbocycles. The van der Waals surface area contributed by atoms with Crippen LogP contribution in [-0.4, -0.2) is 5.78 Å². The monoisotopic (exact) mass is 286 g/mol. The highest BCUT2D eigenvalue weighted by atomic mass is 19.1. The minimum Gasteiger partial charge on any atom is -0.460 e. The molecule has 0 unspecified atom stereocenters. The van der Waals surface area contributed by atoms with Gasteiger partial charge in [-0.2, -0.15) is 0 Å². The standard InChI is InChI=1S/C17H12F2O2/c1-2-14-16(13-5-3-4-6-15(13)21-14)17(20)10-7-11(18)9-12(19)8-10/h3-9H,2H2,1H3. The zero-order valence-corrected chi connectivity index (χ0v) is 11.3. The lowest BCUT2D eigenvalue weighted by atomic mass is 9.99. The van der Waals surface area contributed by atoms with Crippen molar-refractivity contribution in [3.8, 4) is 0 Å². The first-order chi connectivity index (χ1) is 10.1. The highest BCUT2D eigenvalue weighted by Crippen LogP contribution is 2.28. The highest BCUT2D eigenvalue weighted by Gasteiger charge is 2.21. The lowest BCUT2D eigenvalue weighted by Crippen LogP contribution is -2.04. The number of para-hydroxylation sites is 1. The van der Waals surface area contributed by atoms with Crippen LogP contribution in [0.2, 0.25) is 0 Å². The largest absolute Gasteiger partial charge is 0.460 e. The Labute approximate surface area is 120 Å². The van der Waals surface area contributed by atoms with Crippen molar-refractivity contribution >= 4 is 16.8 Å². The van der Waals surface area contributed by atoms with E-state index in [0.717, 1.165) is 18.2 Å². The van der Waals surface area contributed by atoms with Gasteiger partial charge in [0.25, 0.3) is 0 Å². The summed E-state index contributed by atoms with van der Waals surface area (Å²) in [7, 11) is 0. The normalized spacial score (nSPS) is 11.0. The average molecular weight is 286 g/mol. The van der Waals surface area contributed by atoms with E-state index in [1.54, 1.807) is 24.3 Å². The molecule has 0 spiro atoms. The van der Waals surface area contributed by atoms with Gasteiger partial charge < -0.3 is 4.42 Å². The molecule has 106 valence electrons. The molecule has 0 amide bonds. The minimum atomic E-state index is -0.774. The maximum atomic E-state index is 13.3. The number of carbonyl (C=O) groups is 1. The van der Waals surface area contributed by atoms with Crippen LogP contribution in [0.1, 0.15) is 28.6 Å². The van der Waals surface area contributed by atoms with Crippen molar-refractivity contribution in [1.82, 2.24) is 0 Å². The molecule has 0 radical (unpaired) electrons. The predicted molar refractivity (Wildman–Crippen MR) is 75.4 cm³/mol. The van der Waals surface area contributed by atoms with Gasteiger partial charge in [-0.25, -0.2) is 8.78 Å². The van der Waals surface area contributed by atoms with E-state index in [0.29, 0.717) is 28.7 Å². The number of furan rings is 1. The zero-order valence-electron chi connectivity index (χ0n) is 11.3. The Hall–Kier alpha value is -2.49. The number of carbonyl (C=O) groups excluding carboxylic acids is 1. The zero-order chi connectivity index (χ0) is 15.0. The summed E-state index contributed by atoms with van der Waals surface area (Å²) < 4.78 is 32.3. The van der Waals surface area contributed by atoms with E-state index in [-0.39, 0.29) is 5.56 Å². The third kappa shape index (κ3) is 2.33. The fourth-order valence-electron chi connectivity index (χ4n) is 2.42. The molecule has 0 saturated heterocycles. The molecule has 1 heterocycles. The van der Waals surface area contributed by atoms with Gasteiger partial charge in [-0.1, -0.05) is 25.1 Å². The summed E-state index contributed by atoms with van der Waals surface area (Å²) in [6.45, 7) is 1.86. The summed E-state index contributed by atoms with van der Waals surface area (Å²) in [5.41, 5.74) is 0.946. The fourth-order valence-corrected chi connectivity index (χ4v) is 2.42. The Kier molecular flexibility index (Phi) is 3.29. The lowest BCUT2D eigenvalue weighted by molar-refractivity contribution is 0.103. The van der Waals surface area contributed by atoms with Gasteiger partial charge in [0, 0.05) is 23.4 Å². The average Bonchev–Trinajstić information content (AvgIpc) is 2.83. The smallest absolute Gasteiger partial charge is 0.197 e. The summed E-state index contributed by atoms with van der Waals surface area (Å²) in [5.74, 6) is -1.46. The van der Waals surface area contributed by atoms with E-state index < -0.39 is 17.4 Å². The van der Waals surface area contributed by atoms with Crippen molar-refractivity contribution in [2.75, 3.05) is 0 Å². The highest BCUT2D eigenvalue weighted by molar-refractivity contribution is 6.16. The van der Waals surface area contributed by atoms with Crippen LogP contribution < -0.4 is 0 Å². The van der Waals surface area contributed by atoms with Gasteiger partial charge in [0.05, 0.1) is 5.56 Å². The molecule has 0 aliphatic rings. The lowest BCUT2D eigenvalue weighted by Gasteiger charge is -2.02. The van der Waals surface area contributed by atoms with Crippen molar-refractivity contribution in [1.29, 1.82) is 0 Å². The van der Waals surface area contributed by atoms with Gasteiger partial charge in [-0.3, -0.25) is 4.79 Å². The van der Waals surface area contributed by atoms with E-state index in [4.69, 9.17) is 4.42 Å². The molecular weight excluding hydrogens is 274 g/mol. The molecule has 3 rings (SSSR count). The molecule has 0 aliphatic heterocycles. The van der Waals surface area contributed by atoms with Crippen LogP contribution in [0.4, 0.5) is 8.78 Å². The van der Waals surface area contributed by atoms with Gasteiger partial charge in [0.15, 0.2) is 5.78 Å². The van der Waals surface area contributed by atoms with Gasteiger partial charge in [-0.05, 0) is 18.2 Å².